The Morgan fingerprint density at radius 3 is 2.82 bits per heavy atom. The van der Waals surface area contributed by atoms with Crippen LogP contribution in [-0.4, -0.2) is 42.8 Å². The molecule has 1 aromatic rings. The maximum atomic E-state index is 12.4. The number of para-hydroxylation sites is 1. The van der Waals surface area contributed by atoms with Crippen LogP contribution in [0.25, 0.3) is 0 Å². The van der Waals surface area contributed by atoms with Crippen LogP contribution in [-0.2, 0) is 11.2 Å². The van der Waals surface area contributed by atoms with Gasteiger partial charge in [0.1, 0.15) is 5.60 Å². The van der Waals surface area contributed by atoms with Crippen molar-refractivity contribution in [3.63, 3.8) is 0 Å². The molecular weight excluding hydrogens is 276 g/mol. The van der Waals surface area contributed by atoms with Gasteiger partial charge in [-0.05, 0) is 38.3 Å². The molecule has 0 aliphatic carbocycles. The standard InChI is InChI=1S/C18H24N2O2/c1-18(2,3)22-17(21)20-10-13-9-19-8-7-12-5-4-6-14(16(12)19)15(13)11-20/h4-6,13,15H,7-11H2,1-3H3. The number of hydrogen-bond acceptors (Lipinski definition) is 3. The van der Waals surface area contributed by atoms with Crippen molar-refractivity contribution in [1.82, 2.24) is 4.90 Å². The van der Waals surface area contributed by atoms with Crippen LogP contribution < -0.4 is 4.90 Å². The minimum atomic E-state index is -0.423. The zero-order valence-corrected chi connectivity index (χ0v) is 13.6. The van der Waals surface area contributed by atoms with Gasteiger partial charge in [0.2, 0.25) is 0 Å². The highest BCUT2D eigenvalue weighted by Gasteiger charge is 2.44. The lowest BCUT2D eigenvalue weighted by Crippen LogP contribution is -2.37. The number of amides is 1. The molecule has 1 amide bonds. The Balaban J connectivity index is 1.59. The molecule has 118 valence electrons. The number of hydrogen-bond donors (Lipinski definition) is 0. The molecule has 3 aliphatic rings. The summed E-state index contributed by atoms with van der Waals surface area (Å²) in [7, 11) is 0. The number of anilines is 1. The first-order chi connectivity index (χ1) is 10.4. The quantitative estimate of drug-likeness (QED) is 0.738. The van der Waals surface area contributed by atoms with Crippen molar-refractivity contribution in [2.24, 2.45) is 5.92 Å². The number of ether oxygens (including phenoxy) is 1. The third-order valence-corrected chi connectivity index (χ3v) is 5.07. The van der Waals surface area contributed by atoms with E-state index in [1.807, 2.05) is 25.7 Å². The van der Waals surface area contributed by atoms with E-state index >= 15 is 0 Å². The van der Waals surface area contributed by atoms with Gasteiger partial charge < -0.3 is 14.5 Å². The Labute approximate surface area is 132 Å². The van der Waals surface area contributed by atoms with Gasteiger partial charge in [0, 0.05) is 43.7 Å². The van der Waals surface area contributed by atoms with Crippen LogP contribution in [0.4, 0.5) is 10.5 Å². The summed E-state index contributed by atoms with van der Waals surface area (Å²) in [4.78, 5) is 16.8. The second-order valence-electron chi connectivity index (χ2n) is 7.80. The predicted molar refractivity (Wildman–Crippen MR) is 86.4 cm³/mol. The highest BCUT2D eigenvalue weighted by Crippen LogP contribution is 2.46. The van der Waals surface area contributed by atoms with Gasteiger partial charge in [-0.1, -0.05) is 18.2 Å². The summed E-state index contributed by atoms with van der Waals surface area (Å²) >= 11 is 0. The summed E-state index contributed by atoms with van der Waals surface area (Å²) < 4.78 is 5.55. The summed E-state index contributed by atoms with van der Waals surface area (Å²) in [6.07, 6.45) is 1.00. The first kappa shape index (κ1) is 13.9. The highest BCUT2D eigenvalue weighted by molar-refractivity contribution is 5.71. The van der Waals surface area contributed by atoms with Crippen LogP contribution in [0.2, 0.25) is 0 Å². The summed E-state index contributed by atoms with van der Waals surface area (Å²) in [5, 5.41) is 0. The molecule has 0 saturated carbocycles. The molecule has 2 atom stereocenters. The lowest BCUT2D eigenvalue weighted by Gasteiger charge is -2.35. The number of fused-ring (bicyclic) bond motifs is 2. The lowest BCUT2D eigenvalue weighted by molar-refractivity contribution is 0.0287. The third kappa shape index (κ3) is 2.16. The van der Waals surface area contributed by atoms with Gasteiger partial charge in [-0.3, -0.25) is 0 Å². The fraction of sp³-hybridized carbons (Fsp3) is 0.611. The monoisotopic (exact) mass is 300 g/mol. The van der Waals surface area contributed by atoms with E-state index in [4.69, 9.17) is 4.74 Å². The zero-order valence-electron chi connectivity index (χ0n) is 13.6. The molecule has 22 heavy (non-hydrogen) atoms. The van der Waals surface area contributed by atoms with E-state index in [0.29, 0.717) is 11.8 Å². The molecule has 3 aliphatic heterocycles. The van der Waals surface area contributed by atoms with Crippen molar-refractivity contribution >= 4 is 11.8 Å². The summed E-state index contributed by atoms with van der Waals surface area (Å²) in [6.45, 7) is 9.60. The van der Waals surface area contributed by atoms with Crippen LogP contribution in [0, 0.1) is 5.92 Å². The van der Waals surface area contributed by atoms with E-state index in [1.165, 1.54) is 23.2 Å². The minimum Gasteiger partial charge on any atom is -0.444 e. The van der Waals surface area contributed by atoms with Gasteiger partial charge in [-0.2, -0.15) is 0 Å². The fourth-order valence-corrected chi connectivity index (χ4v) is 4.21. The average molecular weight is 300 g/mol. The second-order valence-corrected chi connectivity index (χ2v) is 7.80. The molecule has 0 N–H and O–H groups in total. The predicted octanol–water partition coefficient (Wildman–Crippen LogP) is 3.01. The van der Waals surface area contributed by atoms with Gasteiger partial charge in [0.05, 0.1) is 0 Å². The number of likely N-dealkylation sites (tertiary alicyclic amines) is 1. The van der Waals surface area contributed by atoms with E-state index in [1.54, 1.807) is 0 Å². The Bertz CT molecular complexity index is 620. The third-order valence-electron chi connectivity index (χ3n) is 5.07. The highest BCUT2D eigenvalue weighted by atomic mass is 16.6. The van der Waals surface area contributed by atoms with Crippen molar-refractivity contribution in [3.05, 3.63) is 29.3 Å². The zero-order chi connectivity index (χ0) is 15.5. The maximum Gasteiger partial charge on any atom is 0.410 e. The summed E-state index contributed by atoms with van der Waals surface area (Å²) in [5.74, 6) is 1.00. The first-order valence-corrected chi connectivity index (χ1v) is 8.27. The second kappa shape index (κ2) is 4.64. The molecule has 0 bridgehead atoms. The Kier molecular flexibility index (Phi) is 2.94. The fourth-order valence-electron chi connectivity index (χ4n) is 4.21. The van der Waals surface area contributed by atoms with Crippen molar-refractivity contribution in [1.29, 1.82) is 0 Å². The van der Waals surface area contributed by atoms with Crippen LogP contribution in [0.15, 0.2) is 18.2 Å². The average Bonchev–Trinajstić information content (AvgIpc) is 3.03. The van der Waals surface area contributed by atoms with Gasteiger partial charge in [0.25, 0.3) is 0 Å². The van der Waals surface area contributed by atoms with Gasteiger partial charge >= 0.3 is 6.09 Å². The molecule has 0 radical (unpaired) electrons. The van der Waals surface area contributed by atoms with Crippen molar-refractivity contribution in [3.8, 4) is 0 Å². The molecule has 4 rings (SSSR count). The van der Waals surface area contributed by atoms with E-state index in [0.717, 1.165) is 26.2 Å². The van der Waals surface area contributed by atoms with E-state index in [2.05, 4.69) is 23.1 Å². The number of rotatable bonds is 0. The Morgan fingerprint density at radius 2 is 2.05 bits per heavy atom. The van der Waals surface area contributed by atoms with E-state index in [-0.39, 0.29) is 6.09 Å². The maximum absolute atomic E-state index is 12.4. The summed E-state index contributed by atoms with van der Waals surface area (Å²) in [5.41, 5.74) is 3.95. The Morgan fingerprint density at radius 1 is 1.23 bits per heavy atom. The number of carbonyl (C=O) groups excluding carboxylic acids is 1. The number of benzene rings is 1. The smallest absolute Gasteiger partial charge is 0.410 e. The number of nitrogens with zero attached hydrogens (tertiary/aromatic N) is 2. The molecule has 2 unspecified atom stereocenters. The van der Waals surface area contributed by atoms with Gasteiger partial charge in [-0.25, -0.2) is 4.79 Å². The Hall–Kier alpha value is -1.71. The molecule has 3 heterocycles. The van der Waals surface area contributed by atoms with E-state index < -0.39 is 5.60 Å². The largest absolute Gasteiger partial charge is 0.444 e. The number of carbonyl (C=O) groups is 1. The molecular formula is C18H24N2O2. The van der Waals surface area contributed by atoms with Gasteiger partial charge in [0.15, 0.2) is 0 Å². The molecule has 1 fully saturated rings. The van der Waals surface area contributed by atoms with Gasteiger partial charge in [-0.15, -0.1) is 0 Å². The van der Waals surface area contributed by atoms with Crippen molar-refractivity contribution in [2.45, 2.75) is 38.7 Å². The minimum absolute atomic E-state index is 0.164. The molecule has 1 aromatic carbocycles. The lowest BCUT2D eigenvalue weighted by atomic mass is 9.83. The van der Waals surface area contributed by atoms with Crippen LogP contribution in [0.3, 0.4) is 0 Å². The molecule has 0 aromatic heterocycles. The van der Waals surface area contributed by atoms with Crippen molar-refractivity contribution < 1.29 is 9.53 Å². The van der Waals surface area contributed by atoms with E-state index in [9.17, 15) is 4.79 Å². The van der Waals surface area contributed by atoms with Crippen LogP contribution in [0.1, 0.15) is 37.8 Å². The molecule has 4 nitrogen and oxygen atoms in total. The summed E-state index contributed by atoms with van der Waals surface area (Å²) in [6, 6.07) is 6.68. The molecule has 1 saturated heterocycles. The molecule has 4 heteroatoms. The van der Waals surface area contributed by atoms with Crippen molar-refractivity contribution in [2.75, 3.05) is 31.1 Å². The normalized spacial score (nSPS) is 26.0. The van der Waals surface area contributed by atoms with Crippen LogP contribution >= 0.6 is 0 Å². The SMILES string of the molecule is CC(C)(C)OC(=O)N1CC2CN3CCc4cccc(c43)C2C1. The van der Waals surface area contributed by atoms with Crippen LogP contribution in [0.5, 0.6) is 0 Å². The molecule has 0 spiro atoms. The topological polar surface area (TPSA) is 32.8 Å². The first-order valence-electron chi connectivity index (χ1n) is 8.27.